The molecule has 5 nitrogen and oxygen atoms in total. The average Bonchev–Trinajstić information content (AvgIpc) is 2.35. The second-order valence-electron chi connectivity index (χ2n) is 5.65. The van der Waals surface area contributed by atoms with Crippen molar-refractivity contribution in [3.8, 4) is 0 Å². The molecule has 2 heterocycles. The van der Waals surface area contributed by atoms with Crippen LogP contribution in [0.1, 0.15) is 26.7 Å². The number of likely N-dealkylation sites (N-methyl/N-ethyl adjacent to an activating group) is 1. The molecule has 102 valence electrons. The minimum absolute atomic E-state index is 0.0227. The number of carbonyl (C=O) groups is 2. The Balaban J connectivity index is 1.95. The van der Waals surface area contributed by atoms with Crippen LogP contribution in [0.15, 0.2) is 0 Å². The van der Waals surface area contributed by atoms with Crippen molar-refractivity contribution in [2.24, 2.45) is 5.92 Å². The van der Waals surface area contributed by atoms with Crippen LogP contribution < -0.4 is 5.32 Å². The van der Waals surface area contributed by atoms with Gasteiger partial charge < -0.3 is 10.2 Å². The van der Waals surface area contributed by atoms with Crippen LogP contribution in [-0.2, 0) is 9.59 Å². The lowest BCUT2D eigenvalue weighted by molar-refractivity contribution is -0.141. The summed E-state index contributed by atoms with van der Waals surface area (Å²) in [5, 5.41) is 2.79. The van der Waals surface area contributed by atoms with Crippen molar-refractivity contribution in [2.45, 2.75) is 38.8 Å². The summed E-state index contributed by atoms with van der Waals surface area (Å²) in [5.41, 5.74) is 0. The number of nitrogens with one attached hydrogen (secondary N) is 1. The highest BCUT2D eigenvalue weighted by molar-refractivity contribution is 5.83. The molecule has 0 aromatic carbocycles. The molecule has 2 rings (SSSR count). The van der Waals surface area contributed by atoms with Gasteiger partial charge in [0.15, 0.2) is 0 Å². The SMILES string of the molecule is CC1CN(C(=O)C2CCC(=O)NC2)CC(C)N1C. The number of piperazine rings is 1. The summed E-state index contributed by atoms with van der Waals surface area (Å²) < 4.78 is 0. The first kappa shape index (κ1) is 13.3. The fourth-order valence-corrected chi connectivity index (χ4v) is 2.79. The van der Waals surface area contributed by atoms with Crippen LogP contribution in [0.4, 0.5) is 0 Å². The summed E-state index contributed by atoms with van der Waals surface area (Å²) in [6.45, 7) is 6.40. The Hall–Kier alpha value is -1.10. The van der Waals surface area contributed by atoms with Gasteiger partial charge in [-0.05, 0) is 27.3 Å². The summed E-state index contributed by atoms with van der Waals surface area (Å²) >= 11 is 0. The van der Waals surface area contributed by atoms with E-state index in [0.29, 0.717) is 31.5 Å². The number of amides is 2. The van der Waals surface area contributed by atoms with Crippen molar-refractivity contribution in [3.63, 3.8) is 0 Å². The van der Waals surface area contributed by atoms with Gasteiger partial charge in [-0.25, -0.2) is 0 Å². The van der Waals surface area contributed by atoms with Crippen molar-refractivity contribution >= 4 is 11.8 Å². The first-order valence-corrected chi connectivity index (χ1v) is 6.76. The van der Waals surface area contributed by atoms with Gasteiger partial charge in [0.2, 0.25) is 11.8 Å². The van der Waals surface area contributed by atoms with Gasteiger partial charge in [-0.3, -0.25) is 14.5 Å². The van der Waals surface area contributed by atoms with E-state index in [1.165, 1.54) is 0 Å². The molecule has 2 aliphatic rings. The molecule has 3 unspecified atom stereocenters. The molecular formula is C13H23N3O2. The zero-order valence-corrected chi connectivity index (χ0v) is 11.5. The molecule has 0 radical (unpaired) electrons. The average molecular weight is 253 g/mol. The van der Waals surface area contributed by atoms with Gasteiger partial charge in [0.1, 0.15) is 0 Å². The molecule has 18 heavy (non-hydrogen) atoms. The molecule has 3 atom stereocenters. The second kappa shape index (κ2) is 5.26. The van der Waals surface area contributed by atoms with Gasteiger partial charge in [0.25, 0.3) is 0 Å². The molecule has 0 saturated carbocycles. The minimum Gasteiger partial charge on any atom is -0.355 e. The van der Waals surface area contributed by atoms with Gasteiger partial charge >= 0.3 is 0 Å². The molecule has 2 saturated heterocycles. The maximum Gasteiger partial charge on any atom is 0.227 e. The van der Waals surface area contributed by atoms with Crippen LogP contribution in [-0.4, -0.2) is 60.4 Å². The van der Waals surface area contributed by atoms with E-state index in [1.807, 2.05) is 4.90 Å². The number of rotatable bonds is 1. The summed E-state index contributed by atoms with van der Waals surface area (Å²) in [6.07, 6.45) is 1.18. The predicted octanol–water partition coefficient (Wildman–Crippen LogP) is 0.0636. The molecule has 2 fully saturated rings. The summed E-state index contributed by atoms with van der Waals surface area (Å²) in [5.74, 6) is 0.256. The normalized spacial score (nSPS) is 34.3. The van der Waals surface area contributed by atoms with E-state index in [2.05, 4.69) is 31.1 Å². The Morgan fingerprint density at radius 2 is 1.89 bits per heavy atom. The third kappa shape index (κ3) is 2.66. The highest BCUT2D eigenvalue weighted by Gasteiger charge is 2.34. The third-order valence-corrected chi connectivity index (χ3v) is 4.29. The van der Waals surface area contributed by atoms with E-state index in [1.54, 1.807) is 0 Å². The predicted molar refractivity (Wildman–Crippen MR) is 69.0 cm³/mol. The Kier molecular flexibility index (Phi) is 3.90. The summed E-state index contributed by atoms with van der Waals surface area (Å²) in [7, 11) is 2.11. The molecule has 0 aliphatic carbocycles. The number of hydrogen-bond acceptors (Lipinski definition) is 3. The Bertz CT molecular complexity index is 323. The van der Waals surface area contributed by atoms with Crippen LogP contribution in [0.2, 0.25) is 0 Å². The molecular weight excluding hydrogens is 230 g/mol. The van der Waals surface area contributed by atoms with Crippen LogP contribution in [0, 0.1) is 5.92 Å². The second-order valence-corrected chi connectivity index (χ2v) is 5.65. The fourth-order valence-electron chi connectivity index (χ4n) is 2.79. The summed E-state index contributed by atoms with van der Waals surface area (Å²) in [6, 6.07) is 0.798. The quantitative estimate of drug-likeness (QED) is 0.719. The van der Waals surface area contributed by atoms with Crippen molar-refractivity contribution in [1.82, 2.24) is 15.1 Å². The highest BCUT2D eigenvalue weighted by atomic mass is 16.2. The Morgan fingerprint density at radius 3 is 2.39 bits per heavy atom. The van der Waals surface area contributed by atoms with E-state index < -0.39 is 0 Å². The van der Waals surface area contributed by atoms with Crippen LogP contribution >= 0.6 is 0 Å². The molecule has 0 bridgehead atoms. The minimum atomic E-state index is -0.0227. The maximum atomic E-state index is 12.4. The van der Waals surface area contributed by atoms with E-state index >= 15 is 0 Å². The van der Waals surface area contributed by atoms with Crippen molar-refractivity contribution in [1.29, 1.82) is 0 Å². The van der Waals surface area contributed by atoms with E-state index in [0.717, 1.165) is 13.1 Å². The lowest BCUT2D eigenvalue weighted by Gasteiger charge is -2.43. The van der Waals surface area contributed by atoms with Crippen molar-refractivity contribution < 1.29 is 9.59 Å². The van der Waals surface area contributed by atoms with Crippen LogP contribution in [0.5, 0.6) is 0 Å². The highest BCUT2D eigenvalue weighted by Crippen LogP contribution is 2.19. The van der Waals surface area contributed by atoms with Gasteiger partial charge in [-0.2, -0.15) is 0 Å². The van der Waals surface area contributed by atoms with E-state index in [4.69, 9.17) is 0 Å². The number of hydrogen-bond donors (Lipinski definition) is 1. The molecule has 0 aromatic heterocycles. The molecule has 0 aromatic rings. The largest absolute Gasteiger partial charge is 0.355 e. The van der Waals surface area contributed by atoms with Crippen molar-refractivity contribution in [3.05, 3.63) is 0 Å². The smallest absolute Gasteiger partial charge is 0.227 e. The maximum absolute atomic E-state index is 12.4. The lowest BCUT2D eigenvalue weighted by atomic mass is 9.96. The number of carbonyl (C=O) groups excluding carboxylic acids is 2. The fraction of sp³-hybridized carbons (Fsp3) is 0.846. The number of nitrogens with zero attached hydrogens (tertiary/aromatic N) is 2. The Morgan fingerprint density at radius 1 is 1.28 bits per heavy atom. The molecule has 5 heteroatoms. The van der Waals surface area contributed by atoms with Crippen LogP contribution in [0.3, 0.4) is 0 Å². The van der Waals surface area contributed by atoms with Gasteiger partial charge in [-0.1, -0.05) is 0 Å². The zero-order chi connectivity index (χ0) is 13.3. The van der Waals surface area contributed by atoms with E-state index in [9.17, 15) is 9.59 Å². The van der Waals surface area contributed by atoms with E-state index in [-0.39, 0.29) is 17.7 Å². The third-order valence-electron chi connectivity index (χ3n) is 4.29. The first-order chi connectivity index (χ1) is 8.49. The zero-order valence-electron chi connectivity index (χ0n) is 11.5. The van der Waals surface area contributed by atoms with Gasteiger partial charge in [-0.15, -0.1) is 0 Å². The number of piperidine rings is 1. The first-order valence-electron chi connectivity index (χ1n) is 6.76. The lowest BCUT2D eigenvalue weighted by Crippen LogP contribution is -2.58. The summed E-state index contributed by atoms with van der Waals surface area (Å²) in [4.78, 5) is 27.8. The standard InChI is InChI=1S/C13H23N3O2/c1-9-7-16(8-10(2)15(9)3)13(18)11-4-5-12(17)14-6-11/h9-11H,4-8H2,1-3H3,(H,14,17). The van der Waals surface area contributed by atoms with Crippen LogP contribution in [0.25, 0.3) is 0 Å². The molecule has 1 N–H and O–H groups in total. The topological polar surface area (TPSA) is 52.7 Å². The monoisotopic (exact) mass is 253 g/mol. The molecule has 2 aliphatic heterocycles. The molecule has 0 spiro atoms. The Labute approximate surface area is 108 Å². The van der Waals surface area contributed by atoms with Gasteiger partial charge in [0, 0.05) is 38.1 Å². The van der Waals surface area contributed by atoms with Crippen molar-refractivity contribution in [2.75, 3.05) is 26.7 Å². The van der Waals surface area contributed by atoms with Gasteiger partial charge in [0.05, 0.1) is 5.92 Å². The molecule has 2 amide bonds.